The van der Waals surface area contributed by atoms with Crippen LogP contribution in [0.5, 0.6) is 0 Å². The zero-order valence-electron chi connectivity index (χ0n) is 24.7. The third kappa shape index (κ3) is 5.06. The number of aliphatic hydroxyl groups is 4. The molecule has 1 saturated heterocycles. The predicted octanol–water partition coefficient (Wildman–Crippen LogP) is 5.63. The lowest BCUT2D eigenvalue weighted by Crippen LogP contribution is -2.56. The number of rotatable bonds is 7. The highest BCUT2D eigenvalue weighted by atomic mass is 16.5. The molecule has 0 aromatic heterocycles. The minimum absolute atomic E-state index is 0.123. The Hall–Kier alpha value is -0.460. The number of ether oxygens (including phenoxy) is 1. The number of hydrogen-bond donors (Lipinski definition) is 4. The summed E-state index contributed by atoms with van der Waals surface area (Å²) in [7, 11) is 0. The highest BCUT2D eigenvalue weighted by Gasteiger charge is 2.59. The van der Waals surface area contributed by atoms with E-state index in [0.29, 0.717) is 16.7 Å². The van der Waals surface area contributed by atoms with Gasteiger partial charge in [0, 0.05) is 0 Å². The first-order valence-electron chi connectivity index (χ1n) is 16.0. The van der Waals surface area contributed by atoms with Gasteiger partial charge in [-0.15, -0.1) is 0 Å². The summed E-state index contributed by atoms with van der Waals surface area (Å²) in [5.41, 5.74) is 2.37. The molecule has 0 aromatic rings. The van der Waals surface area contributed by atoms with Gasteiger partial charge in [-0.1, -0.05) is 58.6 Å². The summed E-state index contributed by atoms with van der Waals surface area (Å²) in [6, 6.07) is 0. The van der Waals surface area contributed by atoms with Crippen molar-refractivity contribution in [1.29, 1.82) is 0 Å². The first-order chi connectivity index (χ1) is 18.0. The van der Waals surface area contributed by atoms with Gasteiger partial charge in [0.25, 0.3) is 0 Å². The maximum absolute atomic E-state index is 10.4. The van der Waals surface area contributed by atoms with Crippen LogP contribution in [0.2, 0.25) is 0 Å². The maximum Gasteiger partial charge on any atom is 0.111 e. The molecule has 0 radical (unpaired) electrons. The molecule has 2 unspecified atom stereocenters. The van der Waals surface area contributed by atoms with Crippen molar-refractivity contribution in [3.05, 3.63) is 11.6 Å². The number of allylic oxidation sites excluding steroid dienone is 1. The van der Waals surface area contributed by atoms with E-state index in [0.717, 1.165) is 55.3 Å². The first-order valence-corrected chi connectivity index (χ1v) is 16.0. The summed E-state index contributed by atoms with van der Waals surface area (Å²) in [5, 5.41) is 40.8. The van der Waals surface area contributed by atoms with Gasteiger partial charge in [0.15, 0.2) is 0 Å². The lowest BCUT2D eigenvalue weighted by atomic mass is 9.47. The molecule has 0 spiro atoms. The standard InChI is InChI=1S/C33H56O5/c1-19(17-28-30(36)31(37)29(35)21(3)38-28)7-6-8-20(2)25-11-12-26-24-10-9-22-18-23(34)13-15-32(22,4)27(24)14-16-33(25,26)5/h9,19-21,23-31,34-37H,6-8,10-18H2,1-5H3/t19?,20-,21+,23+,24+,25-,26+,27+,28?,29-,30-,31-,32+,33-/m1/s1. The fourth-order valence-electron chi connectivity index (χ4n) is 10.5. The van der Waals surface area contributed by atoms with Crippen molar-refractivity contribution in [2.75, 3.05) is 0 Å². The van der Waals surface area contributed by atoms with E-state index in [1.165, 1.54) is 51.4 Å². The minimum Gasteiger partial charge on any atom is -0.393 e. The van der Waals surface area contributed by atoms with Crippen molar-refractivity contribution in [2.24, 2.45) is 46.3 Å². The Labute approximate surface area is 231 Å². The molecule has 0 bridgehead atoms. The SMILES string of the molecule is CC(CCC[C@@H](C)[C@H]1CC[C@H]2[C@@H]3CC=C4C[C@@H](O)CC[C@]4(C)[C@H]3CC[C@]12C)CC1O[C@@H](C)[C@@H](O)[C@@H](O)[C@@H]1O. The normalized spacial score (nSPS) is 50.4. The van der Waals surface area contributed by atoms with Crippen LogP contribution < -0.4 is 0 Å². The van der Waals surface area contributed by atoms with Crippen molar-refractivity contribution < 1.29 is 25.2 Å². The van der Waals surface area contributed by atoms with Gasteiger partial charge in [-0.2, -0.15) is 0 Å². The van der Waals surface area contributed by atoms with Crippen LogP contribution in [-0.2, 0) is 4.74 Å². The Bertz CT molecular complexity index is 858. The summed E-state index contributed by atoms with van der Waals surface area (Å²) in [4.78, 5) is 0. The number of hydrogen-bond acceptors (Lipinski definition) is 5. The average molecular weight is 533 g/mol. The summed E-state index contributed by atoms with van der Waals surface area (Å²) >= 11 is 0. The second-order valence-electron chi connectivity index (χ2n) is 15.0. The van der Waals surface area contributed by atoms with E-state index >= 15 is 0 Å². The van der Waals surface area contributed by atoms with E-state index in [1.807, 2.05) is 0 Å². The van der Waals surface area contributed by atoms with Crippen molar-refractivity contribution in [2.45, 2.75) is 148 Å². The van der Waals surface area contributed by atoms with Crippen LogP contribution in [0, 0.1) is 46.3 Å². The van der Waals surface area contributed by atoms with Crippen LogP contribution in [-0.4, -0.2) is 57.0 Å². The highest BCUT2D eigenvalue weighted by Crippen LogP contribution is 2.67. The topological polar surface area (TPSA) is 90.2 Å². The molecule has 1 aliphatic heterocycles. The van der Waals surface area contributed by atoms with Gasteiger partial charge >= 0.3 is 0 Å². The molecule has 0 aromatic carbocycles. The molecule has 218 valence electrons. The van der Waals surface area contributed by atoms with E-state index < -0.39 is 30.5 Å². The van der Waals surface area contributed by atoms with Crippen LogP contribution in [0.3, 0.4) is 0 Å². The Kier molecular flexibility index (Phi) is 8.47. The molecular formula is C33H56O5. The van der Waals surface area contributed by atoms with Gasteiger partial charge in [-0.25, -0.2) is 0 Å². The summed E-state index contributed by atoms with van der Waals surface area (Å²) in [6.07, 6.45) is 12.5. The Morgan fingerprint density at radius 2 is 1.68 bits per heavy atom. The van der Waals surface area contributed by atoms with Crippen LogP contribution in [0.4, 0.5) is 0 Å². The lowest BCUT2D eigenvalue weighted by Gasteiger charge is -2.58. The molecule has 4 N–H and O–H groups in total. The zero-order chi connectivity index (χ0) is 27.4. The van der Waals surface area contributed by atoms with Gasteiger partial charge in [-0.3, -0.25) is 0 Å². The summed E-state index contributed by atoms with van der Waals surface area (Å²) in [6.45, 7) is 11.7. The third-order valence-electron chi connectivity index (χ3n) is 12.8. The van der Waals surface area contributed by atoms with Crippen LogP contribution in [0.1, 0.15) is 112 Å². The Morgan fingerprint density at radius 3 is 2.45 bits per heavy atom. The van der Waals surface area contributed by atoms with E-state index in [1.54, 1.807) is 12.5 Å². The summed E-state index contributed by atoms with van der Waals surface area (Å²) in [5.74, 6) is 4.45. The second kappa shape index (κ2) is 11.1. The fraction of sp³-hybridized carbons (Fsp3) is 0.939. The molecule has 5 nitrogen and oxygen atoms in total. The van der Waals surface area contributed by atoms with E-state index in [-0.39, 0.29) is 6.10 Å². The second-order valence-corrected chi connectivity index (χ2v) is 15.0. The quantitative estimate of drug-likeness (QED) is 0.319. The first kappa shape index (κ1) is 29.0. The minimum atomic E-state index is -1.12. The molecule has 5 aliphatic rings. The molecule has 5 heteroatoms. The molecule has 4 aliphatic carbocycles. The largest absolute Gasteiger partial charge is 0.393 e. The Morgan fingerprint density at radius 1 is 0.921 bits per heavy atom. The van der Waals surface area contributed by atoms with Crippen molar-refractivity contribution in [1.82, 2.24) is 0 Å². The average Bonchev–Trinajstić information content (AvgIpc) is 3.23. The maximum atomic E-state index is 10.4. The van der Waals surface area contributed by atoms with Crippen molar-refractivity contribution >= 4 is 0 Å². The van der Waals surface area contributed by atoms with Crippen LogP contribution >= 0.6 is 0 Å². The van der Waals surface area contributed by atoms with E-state index in [9.17, 15) is 20.4 Å². The molecule has 1 heterocycles. The van der Waals surface area contributed by atoms with Crippen molar-refractivity contribution in [3.8, 4) is 0 Å². The fourth-order valence-corrected chi connectivity index (χ4v) is 10.5. The van der Waals surface area contributed by atoms with Gasteiger partial charge in [-0.05, 0) is 111 Å². The van der Waals surface area contributed by atoms with Crippen LogP contribution in [0.25, 0.3) is 0 Å². The smallest absolute Gasteiger partial charge is 0.111 e. The predicted molar refractivity (Wildman–Crippen MR) is 150 cm³/mol. The lowest BCUT2D eigenvalue weighted by molar-refractivity contribution is -0.220. The van der Waals surface area contributed by atoms with Crippen LogP contribution in [0.15, 0.2) is 11.6 Å². The number of aliphatic hydroxyl groups excluding tert-OH is 4. The molecule has 14 atom stereocenters. The molecule has 5 rings (SSSR count). The Balaban J connectivity index is 1.14. The zero-order valence-corrected chi connectivity index (χ0v) is 24.7. The van der Waals surface area contributed by atoms with E-state index in [4.69, 9.17) is 4.74 Å². The monoisotopic (exact) mass is 532 g/mol. The van der Waals surface area contributed by atoms with Gasteiger partial charge in [0.2, 0.25) is 0 Å². The molecule has 3 saturated carbocycles. The molecule has 4 fully saturated rings. The van der Waals surface area contributed by atoms with Gasteiger partial charge in [0.05, 0.1) is 18.3 Å². The summed E-state index contributed by atoms with van der Waals surface area (Å²) < 4.78 is 5.85. The number of fused-ring (bicyclic) bond motifs is 5. The highest BCUT2D eigenvalue weighted by molar-refractivity contribution is 5.25. The molecule has 0 amide bonds. The third-order valence-corrected chi connectivity index (χ3v) is 12.8. The van der Waals surface area contributed by atoms with E-state index in [2.05, 4.69) is 33.8 Å². The van der Waals surface area contributed by atoms with Gasteiger partial charge < -0.3 is 25.2 Å². The molecular weight excluding hydrogens is 476 g/mol. The van der Waals surface area contributed by atoms with Crippen molar-refractivity contribution in [3.63, 3.8) is 0 Å². The molecule has 38 heavy (non-hydrogen) atoms. The van der Waals surface area contributed by atoms with Gasteiger partial charge in [0.1, 0.15) is 18.3 Å².